The van der Waals surface area contributed by atoms with Crippen LogP contribution in [0.25, 0.3) is 0 Å². The normalized spacial score (nSPS) is 10.2. The Morgan fingerprint density at radius 3 is 2.71 bits per heavy atom. The number of hydrogen-bond acceptors (Lipinski definition) is 4. The number of hydrogen-bond donors (Lipinski definition) is 2. The van der Waals surface area contributed by atoms with E-state index in [9.17, 15) is 14.0 Å². The minimum absolute atomic E-state index is 0.143. The molecule has 0 unspecified atom stereocenters. The molecule has 0 aliphatic heterocycles. The number of nitrogens with one attached hydrogen (secondary N) is 2. The second-order valence-electron chi connectivity index (χ2n) is 4.37. The molecule has 110 valence electrons. The summed E-state index contributed by atoms with van der Waals surface area (Å²) < 4.78 is 18.3. The Morgan fingerprint density at radius 1 is 1.38 bits per heavy atom. The van der Waals surface area contributed by atoms with E-state index in [4.69, 9.17) is 4.74 Å². The maximum atomic E-state index is 13.5. The Bertz CT molecular complexity index is 682. The van der Waals surface area contributed by atoms with Crippen molar-refractivity contribution in [1.82, 2.24) is 15.5 Å². The number of Topliss-reactive ketones (excluding diaryl/α,β-unsaturated/α-hetero) is 1. The van der Waals surface area contributed by atoms with E-state index in [0.29, 0.717) is 5.56 Å². The first-order valence-corrected chi connectivity index (χ1v) is 6.18. The van der Waals surface area contributed by atoms with Gasteiger partial charge in [0.15, 0.2) is 17.3 Å². The van der Waals surface area contributed by atoms with Gasteiger partial charge in [0.2, 0.25) is 0 Å². The highest BCUT2D eigenvalue weighted by Crippen LogP contribution is 2.17. The number of methoxy groups -OCH3 is 1. The molecular formula is C14H14FN3O3. The van der Waals surface area contributed by atoms with E-state index in [1.165, 1.54) is 32.2 Å². The molecule has 0 bridgehead atoms. The first-order valence-electron chi connectivity index (χ1n) is 6.18. The van der Waals surface area contributed by atoms with Gasteiger partial charge in [0.25, 0.3) is 5.91 Å². The van der Waals surface area contributed by atoms with Crippen LogP contribution in [0.5, 0.6) is 5.75 Å². The molecule has 0 aliphatic carbocycles. The number of ketones is 1. The van der Waals surface area contributed by atoms with Crippen molar-refractivity contribution in [2.45, 2.75) is 13.5 Å². The molecular weight excluding hydrogens is 277 g/mol. The third-order valence-corrected chi connectivity index (χ3v) is 2.85. The molecule has 0 fully saturated rings. The van der Waals surface area contributed by atoms with E-state index in [1.54, 1.807) is 6.07 Å². The summed E-state index contributed by atoms with van der Waals surface area (Å²) >= 11 is 0. The van der Waals surface area contributed by atoms with Gasteiger partial charge in [-0.15, -0.1) is 0 Å². The number of aromatic amines is 1. The summed E-state index contributed by atoms with van der Waals surface area (Å²) in [6.07, 6.45) is 0. The number of amides is 1. The van der Waals surface area contributed by atoms with Crippen LogP contribution >= 0.6 is 0 Å². The van der Waals surface area contributed by atoms with E-state index in [2.05, 4.69) is 15.5 Å². The van der Waals surface area contributed by atoms with Crippen LogP contribution in [0, 0.1) is 5.82 Å². The molecule has 2 N–H and O–H groups in total. The van der Waals surface area contributed by atoms with Gasteiger partial charge in [-0.3, -0.25) is 14.7 Å². The Hall–Kier alpha value is -2.70. The number of aromatic nitrogens is 2. The fourth-order valence-electron chi connectivity index (χ4n) is 1.72. The molecule has 2 aromatic rings. The van der Waals surface area contributed by atoms with Crippen LogP contribution in [0.3, 0.4) is 0 Å². The molecule has 1 aromatic heterocycles. The second kappa shape index (κ2) is 6.17. The fraction of sp³-hybridized carbons (Fsp3) is 0.214. The molecule has 0 saturated heterocycles. The number of carbonyl (C=O) groups is 2. The lowest BCUT2D eigenvalue weighted by Gasteiger charge is -2.06. The van der Waals surface area contributed by atoms with Crippen LogP contribution in [0.4, 0.5) is 4.39 Å². The molecule has 0 aliphatic rings. The third-order valence-electron chi connectivity index (χ3n) is 2.85. The topological polar surface area (TPSA) is 84.1 Å². The number of H-pyrrole nitrogens is 1. The highest BCUT2D eigenvalue weighted by Gasteiger charge is 2.12. The average Bonchev–Trinajstić information content (AvgIpc) is 2.95. The number of benzene rings is 1. The quantitative estimate of drug-likeness (QED) is 0.821. The monoisotopic (exact) mass is 291 g/mol. The van der Waals surface area contributed by atoms with Crippen LogP contribution in [0.1, 0.15) is 33.5 Å². The molecule has 0 spiro atoms. The predicted octanol–water partition coefficient (Wildman–Crippen LogP) is 1.69. The molecule has 7 heteroatoms. The second-order valence-corrected chi connectivity index (χ2v) is 4.37. The third kappa shape index (κ3) is 3.44. The highest BCUT2D eigenvalue weighted by molar-refractivity contribution is 5.97. The largest absolute Gasteiger partial charge is 0.494 e. The van der Waals surface area contributed by atoms with Crippen molar-refractivity contribution in [2.75, 3.05) is 7.11 Å². The van der Waals surface area contributed by atoms with Crippen molar-refractivity contribution in [3.63, 3.8) is 0 Å². The van der Waals surface area contributed by atoms with E-state index in [0.717, 1.165) is 0 Å². The first kappa shape index (κ1) is 14.7. The van der Waals surface area contributed by atoms with E-state index < -0.39 is 11.7 Å². The van der Waals surface area contributed by atoms with Crippen molar-refractivity contribution in [3.05, 3.63) is 47.0 Å². The van der Waals surface area contributed by atoms with Gasteiger partial charge in [0.1, 0.15) is 11.4 Å². The predicted molar refractivity (Wildman–Crippen MR) is 72.7 cm³/mol. The molecule has 2 rings (SSSR count). The molecule has 21 heavy (non-hydrogen) atoms. The van der Waals surface area contributed by atoms with Crippen molar-refractivity contribution in [2.24, 2.45) is 0 Å². The molecule has 1 aromatic carbocycles. The Balaban J connectivity index is 2.00. The molecule has 1 heterocycles. The summed E-state index contributed by atoms with van der Waals surface area (Å²) in [6.45, 7) is 1.51. The minimum atomic E-state index is -0.496. The number of ether oxygens (including phenoxy) is 1. The Kier molecular flexibility index (Phi) is 4.32. The zero-order valence-corrected chi connectivity index (χ0v) is 11.6. The summed E-state index contributed by atoms with van der Waals surface area (Å²) in [4.78, 5) is 22.9. The van der Waals surface area contributed by atoms with Crippen molar-refractivity contribution < 1.29 is 18.7 Å². The maximum Gasteiger partial charge on any atom is 0.269 e. The standard InChI is InChI=1S/C14H14FN3O3/c1-8(19)11-6-12(18-17-11)14(20)16-7-9-3-4-13(21-2)10(15)5-9/h3-6H,7H2,1-2H3,(H,16,20)(H,17,18). The lowest BCUT2D eigenvalue weighted by Crippen LogP contribution is -2.23. The van der Waals surface area contributed by atoms with Gasteiger partial charge >= 0.3 is 0 Å². The van der Waals surface area contributed by atoms with Crippen LogP contribution in [0.15, 0.2) is 24.3 Å². The van der Waals surface area contributed by atoms with Crippen molar-refractivity contribution in [1.29, 1.82) is 0 Å². The number of rotatable bonds is 5. The lowest BCUT2D eigenvalue weighted by molar-refractivity contribution is 0.0945. The molecule has 6 nitrogen and oxygen atoms in total. The van der Waals surface area contributed by atoms with Gasteiger partial charge in [-0.05, 0) is 23.8 Å². The van der Waals surface area contributed by atoms with E-state index in [-0.39, 0.29) is 29.5 Å². The van der Waals surface area contributed by atoms with Gasteiger partial charge in [-0.25, -0.2) is 4.39 Å². The molecule has 0 saturated carbocycles. The van der Waals surface area contributed by atoms with Gasteiger partial charge in [0.05, 0.1) is 7.11 Å². The molecule has 0 atom stereocenters. The summed E-state index contributed by atoms with van der Waals surface area (Å²) in [5.41, 5.74) is 0.956. The zero-order chi connectivity index (χ0) is 15.4. The average molecular weight is 291 g/mol. The maximum absolute atomic E-state index is 13.5. The first-order chi connectivity index (χ1) is 10.0. The SMILES string of the molecule is COc1ccc(CNC(=O)c2cc(C(C)=O)n[nH]2)cc1F. The molecule has 0 radical (unpaired) electrons. The van der Waals surface area contributed by atoms with Crippen LogP contribution in [-0.2, 0) is 6.54 Å². The van der Waals surface area contributed by atoms with Gasteiger partial charge in [-0.2, -0.15) is 5.10 Å². The van der Waals surface area contributed by atoms with Crippen LogP contribution in [-0.4, -0.2) is 29.0 Å². The van der Waals surface area contributed by atoms with Crippen LogP contribution in [0.2, 0.25) is 0 Å². The highest BCUT2D eigenvalue weighted by atomic mass is 19.1. The van der Waals surface area contributed by atoms with Crippen molar-refractivity contribution in [3.8, 4) is 5.75 Å². The summed E-state index contributed by atoms with van der Waals surface area (Å²) in [6, 6.07) is 5.79. The zero-order valence-electron chi connectivity index (χ0n) is 11.6. The Morgan fingerprint density at radius 2 is 2.14 bits per heavy atom. The fourth-order valence-corrected chi connectivity index (χ4v) is 1.72. The van der Waals surface area contributed by atoms with Gasteiger partial charge in [0, 0.05) is 13.5 Å². The summed E-state index contributed by atoms with van der Waals surface area (Å²) in [7, 11) is 1.38. The van der Waals surface area contributed by atoms with Gasteiger partial charge < -0.3 is 10.1 Å². The van der Waals surface area contributed by atoms with Crippen LogP contribution < -0.4 is 10.1 Å². The molecule has 1 amide bonds. The number of nitrogens with zero attached hydrogens (tertiary/aromatic N) is 1. The Labute approximate surface area is 120 Å². The smallest absolute Gasteiger partial charge is 0.269 e. The lowest BCUT2D eigenvalue weighted by atomic mass is 10.2. The van der Waals surface area contributed by atoms with E-state index >= 15 is 0 Å². The van der Waals surface area contributed by atoms with E-state index in [1.807, 2.05) is 0 Å². The summed E-state index contributed by atoms with van der Waals surface area (Å²) in [5, 5.41) is 8.80. The van der Waals surface area contributed by atoms with Crippen molar-refractivity contribution >= 4 is 11.7 Å². The number of carbonyl (C=O) groups excluding carboxylic acids is 2. The summed E-state index contributed by atoms with van der Waals surface area (Å²) in [5.74, 6) is -1.01. The van der Waals surface area contributed by atoms with Gasteiger partial charge in [-0.1, -0.05) is 6.07 Å². The number of halogens is 1. The minimum Gasteiger partial charge on any atom is -0.494 e.